The number of rotatable bonds is 7. The summed E-state index contributed by atoms with van der Waals surface area (Å²) in [5.41, 5.74) is 2.29. The molecule has 0 aliphatic heterocycles. The lowest BCUT2D eigenvalue weighted by atomic mass is 10.2. The summed E-state index contributed by atoms with van der Waals surface area (Å²) in [4.78, 5) is 0. The molecule has 0 aromatic heterocycles. The summed E-state index contributed by atoms with van der Waals surface area (Å²) in [5, 5.41) is 0. The molecule has 0 aliphatic carbocycles. The second-order valence-corrected chi connectivity index (χ2v) is 4.49. The molecule has 0 saturated carbocycles. The number of benzene rings is 2. The minimum atomic E-state index is -0.319. The highest BCUT2D eigenvalue weighted by Crippen LogP contribution is 2.09. The Hall–Kier alpha value is -1.90. The molecule has 0 saturated heterocycles. The molecule has 0 fully saturated rings. The molecule has 0 unspecified atom stereocenters. The Labute approximate surface area is 120 Å². The van der Waals surface area contributed by atoms with E-state index in [2.05, 4.69) is 0 Å². The van der Waals surface area contributed by atoms with Gasteiger partial charge in [-0.15, -0.1) is 0 Å². The maximum absolute atomic E-state index is 5.78. The normalized spacial score (nSPS) is 11.3. The van der Waals surface area contributed by atoms with E-state index in [1.54, 1.807) is 0 Å². The van der Waals surface area contributed by atoms with Crippen molar-refractivity contribution in [2.45, 2.75) is 26.4 Å². The quantitative estimate of drug-likeness (QED) is 0.550. The van der Waals surface area contributed by atoms with E-state index in [4.69, 9.17) is 9.47 Å². The minimum Gasteiger partial charge on any atom is -0.344 e. The fourth-order valence-electron chi connectivity index (χ4n) is 1.82. The van der Waals surface area contributed by atoms with Crippen molar-refractivity contribution < 1.29 is 9.47 Å². The molecule has 2 aromatic rings. The summed E-state index contributed by atoms with van der Waals surface area (Å²) in [6, 6.07) is 20.2. The lowest BCUT2D eigenvalue weighted by molar-refractivity contribution is -0.126. The number of ether oxygens (including phenoxy) is 2. The molecule has 0 atom stereocenters. The third kappa shape index (κ3) is 5.00. The Bertz CT molecular complexity index is 462. The van der Waals surface area contributed by atoms with Crippen LogP contribution in [-0.2, 0) is 22.7 Å². The molecule has 0 radical (unpaired) electrons. The van der Waals surface area contributed by atoms with Crippen LogP contribution in [0.5, 0.6) is 0 Å². The van der Waals surface area contributed by atoms with Gasteiger partial charge in [-0.2, -0.15) is 0 Å². The third-order valence-electron chi connectivity index (χ3n) is 2.86. The molecule has 0 heterocycles. The molecule has 2 nitrogen and oxygen atoms in total. The zero-order valence-corrected chi connectivity index (χ0v) is 11.7. The minimum absolute atomic E-state index is 0.319. The SMILES string of the molecule is C/C=C/C(OCc1ccccc1)OCc1ccccc1. The first-order chi connectivity index (χ1) is 9.88. The predicted octanol–water partition coefficient (Wildman–Crippen LogP) is 4.32. The lowest BCUT2D eigenvalue weighted by Crippen LogP contribution is -2.14. The van der Waals surface area contributed by atoms with E-state index < -0.39 is 0 Å². The molecular weight excluding hydrogens is 248 g/mol. The van der Waals surface area contributed by atoms with Crippen molar-refractivity contribution in [1.29, 1.82) is 0 Å². The van der Waals surface area contributed by atoms with Crippen LogP contribution in [0.25, 0.3) is 0 Å². The van der Waals surface area contributed by atoms with Gasteiger partial charge in [0, 0.05) is 0 Å². The molecule has 2 heteroatoms. The van der Waals surface area contributed by atoms with E-state index in [-0.39, 0.29) is 6.29 Å². The third-order valence-corrected chi connectivity index (χ3v) is 2.86. The standard InChI is InChI=1S/C18H20O2/c1-2-9-18(19-14-16-10-5-3-6-11-16)20-15-17-12-7-4-8-13-17/h2-13,18H,14-15H2,1H3/b9-2+. The van der Waals surface area contributed by atoms with Crippen LogP contribution in [0.15, 0.2) is 72.8 Å². The first kappa shape index (κ1) is 14.5. The summed E-state index contributed by atoms with van der Waals surface area (Å²) < 4.78 is 11.6. The summed E-state index contributed by atoms with van der Waals surface area (Å²) in [7, 11) is 0. The highest BCUT2D eigenvalue weighted by molar-refractivity contribution is 5.14. The molecule has 0 N–H and O–H groups in total. The largest absolute Gasteiger partial charge is 0.344 e. The molecule has 2 rings (SSSR count). The van der Waals surface area contributed by atoms with Crippen LogP contribution in [0.2, 0.25) is 0 Å². The van der Waals surface area contributed by atoms with Gasteiger partial charge >= 0.3 is 0 Å². The zero-order chi connectivity index (χ0) is 14.0. The average Bonchev–Trinajstić information content (AvgIpc) is 2.52. The van der Waals surface area contributed by atoms with Gasteiger partial charge in [0.1, 0.15) is 0 Å². The van der Waals surface area contributed by atoms with Crippen LogP contribution in [0.1, 0.15) is 18.1 Å². The van der Waals surface area contributed by atoms with Crippen LogP contribution in [0.4, 0.5) is 0 Å². The smallest absolute Gasteiger partial charge is 0.177 e. The van der Waals surface area contributed by atoms with Crippen LogP contribution < -0.4 is 0 Å². The van der Waals surface area contributed by atoms with E-state index in [1.807, 2.05) is 79.7 Å². The Kier molecular flexibility index (Phi) is 6.03. The first-order valence-corrected chi connectivity index (χ1v) is 6.82. The van der Waals surface area contributed by atoms with Crippen molar-refractivity contribution in [3.05, 3.63) is 83.9 Å². The lowest BCUT2D eigenvalue weighted by Gasteiger charge is -2.15. The van der Waals surface area contributed by atoms with E-state index in [1.165, 1.54) is 0 Å². The fourth-order valence-corrected chi connectivity index (χ4v) is 1.82. The maximum atomic E-state index is 5.78. The Morgan fingerprint density at radius 1 is 0.800 bits per heavy atom. The molecule has 104 valence electrons. The van der Waals surface area contributed by atoms with Gasteiger partial charge in [-0.1, -0.05) is 66.7 Å². The summed E-state index contributed by atoms with van der Waals surface area (Å²) in [6.45, 7) is 3.06. The van der Waals surface area contributed by atoms with Gasteiger partial charge in [-0.25, -0.2) is 0 Å². The van der Waals surface area contributed by atoms with Crippen LogP contribution in [0.3, 0.4) is 0 Å². The van der Waals surface area contributed by atoms with Gasteiger partial charge in [-0.3, -0.25) is 0 Å². The molecule has 20 heavy (non-hydrogen) atoms. The second-order valence-electron chi connectivity index (χ2n) is 4.49. The number of hydrogen-bond acceptors (Lipinski definition) is 2. The van der Waals surface area contributed by atoms with Gasteiger partial charge < -0.3 is 9.47 Å². The molecule has 0 bridgehead atoms. The zero-order valence-electron chi connectivity index (χ0n) is 11.7. The van der Waals surface area contributed by atoms with Crippen molar-refractivity contribution in [1.82, 2.24) is 0 Å². The number of allylic oxidation sites excluding steroid dienone is 1. The Morgan fingerprint density at radius 3 is 1.65 bits per heavy atom. The van der Waals surface area contributed by atoms with E-state index in [0.717, 1.165) is 11.1 Å². The monoisotopic (exact) mass is 268 g/mol. The molecule has 0 amide bonds. The van der Waals surface area contributed by atoms with E-state index in [9.17, 15) is 0 Å². The van der Waals surface area contributed by atoms with E-state index in [0.29, 0.717) is 13.2 Å². The highest BCUT2D eigenvalue weighted by Gasteiger charge is 2.05. The van der Waals surface area contributed by atoms with Gasteiger partial charge in [0.05, 0.1) is 13.2 Å². The van der Waals surface area contributed by atoms with Gasteiger partial charge in [0.15, 0.2) is 6.29 Å². The van der Waals surface area contributed by atoms with Gasteiger partial charge in [0.25, 0.3) is 0 Å². The highest BCUT2D eigenvalue weighted by atomic mass is 16.7. The molecule has 0 aliphatic rings. The van der Waals surface area contributed by atoms with Crippen LogP contribution >= 0.6 is 0 Å². The summed E-state index contributed by atoms with van der Waals surface area (Å²) in [6.07, 6.45) is 3.55. The van der Waals surface area contributed by atoms with Crippen molar-refractivity contribution in [2.24, 2.45) is 0 Å². The van der Waals surface area contributed by atoms with E-state index >= 15 is 0 Å². The summed E-state index contributed by atoms with van der Waals surface area (Å²) in [5.74, 6) is 0. The average molecular weight is 268 g/mol. The van der Waals surface area contributed by atoms with Gasteiger partial charge in [0.2, 0.25) is 0 Å². The van der Waals surface area contributed by atoms with Crippen LogP contribution in [-0.4, -0.2) is 6.29 Å². The molecule has 2 aromatic carbocycles. The first-order valence-electron chi connectivity index (χ1n) is 6.82. The number of hydrogen-bond donors (Lipinski definition) is 0. The predicted molar refractivity (Wildman–Crippen MR) is 81.1 cm³/mol. The summed E-state index contributed by atoms with van der Waals surface area (Å²) >= 11 is 0. The van der Waals surface area contributed by atoms with Crippen molar-refractivity contribution in [3.63, 3.8) is 0 Å². The van der Waals surface area contributed by atoms with Gasteiger partial charge in [-0.05, 0) is 24.1 Å². The van der Waals surface area contributed by atoms with Crippen LogP contribution in [0, 0.1) is 0 Å². The Balaban J connectivity index is 1.84. The van der Waals surface area contributed by atoms with Crippen molar-refractivity contribution in [3.8, 4) is 0 Å². The Morgan fingerprint density at radius 2 is 1.25 bits per heavy atom. The maximum Gasteiger partial charge on any atom is 0.177 e. The topological polar surface area (TPSA) is 18.5 Å². The molecule has 0 spiro atoms. The molecular formula is C18H20O2. The second kappa shape index (κ2) is 8.31. The van der Waals surface area contributed by atoms with Crippen molar-refractivity contribution >= 4 is 0 Å². The van der Waals surface area contributed by atoms with Crippen molar-refractivity contribution in [2.75, 3.05) is 0 Å². The fraction of sp³-hybridized carbons (Fsp3) is 0.222.